The van der Waals surface area contributed by atoms with Crippen LogP contribution in [0.5, 0.6) is 11.5 Å². The van der Waals surface area contributed by atoms with Crippen LogP contribution in [0.4, 0.5) is 8.78 Å². The van der Waals surface area contributed by atoms with Crippen LogP contribution in [-0.4, -0.2) is 60.3 Å². The van der Waals surface area contributed by atoms with Crippen molar-refractivity contribution in [2.75, 3.05) is 13.1 Å². The molecule has 4 rings (SSSR count). The molecular formula is C28H29F2N5O5S. The van der Waals surface area contributed by atoms with E-state index in [1.54, 1.807) is 54.8 Å². The number of carbonyl (C=O) groups excluding carboxylic acids is 3. The Kier molecular flexibility index (Phi) is 9.63. The predicted octanol–water partition coefficient (Wildman–Crippen LogP) is 3.64. The van der Waals surface area contributed by atoms with Gasteiger partial charge in [-0.25, -0.2) is 0 Å². The number of likely N-dealkylation sites (tertiary alicyclic amines) is 1. The van der Waals surface area contributed by atoms with Crippen LogP contribution < -0.4 is 21.1 Å². The van der Waals surface area contributed by atoms with Gasteiger partial charge in [0.2, 0.25) is 11.8 Å². The molecule has 0 bridgehead atoms. The fourth-order valence-corrected chi connectivity index (χ4v) is 5.24. The number of amides is 3. The zero-order valence-corrected chi connectivity index (χ0v) is 22.8. The number of nitrogens with two attached hydrogens (primary N) is 1. The van der Waals surface area contributed by atoms with Gasteiger partial charge in [-0.2, -0.15) is 8.78 Å². The highest BCUT2D eigenvalue weighted by molar-refractivity contribution is 7.10. The standard InChI is InChI=1S/C28H29F2N5O5S/c1-16(23-11-18(15-41-23)25(31)32)34-27(38)22-12-21(40-28(29)30)14-35(22)24(36)13-33-26(37)17-7-9-20(10-8-17)39-19-5-3-2-4-6-19/h2-11,15-16,21-22,28H,12-14H2,1H3,(H3,31,32)(H,33,37)(H,34,38)/t16-,21-,22+/m1/s1. The van der Waals surface area contributed by atoms with Crippen molar-refractivity contribution in [3.63, 3.8) is 0 Å². The molecule has 0 saturated carbocycles. The average Bonchev–Trinajstić information content (AvgIpc) is 3.61. The Balaban J connectivity index is 1.36. The zero-order valence-electron chi connectivity index (χ0n) is 22.0. The zero-order chi connectivity index (χ0) is 29.5. The number of alkyl halides is 2. The molecule has 0 spiro atoms. The lowest BCUT2D eigenvalue weighted by atomic mass is 10.1. The van der Waals surface area contributed by atoms with Crippen LogP contribution >= 0.6 is 11.3 Å². The second kappa shape index (κ2) is 13.3. The molecule has 2 aromatic carbocycles. The second-order valence-corrected chi connectivity index (χ2v) is 10.3. The lowest BCUT2D eigenvalue weighted by molar-refractivity contribution is -0.160. The maximum Gasteiger partial charge on any atom is 0.345 e. The Labute approximate surface area is 238 Å². The molecule has 13 heteroatoms. The number of amidine groups is 1. The van der Waals surface area contributed by atoms with E-state index >= 15 is 0 Å². The number of para-hydroxylation sites is 1. The number of rotatable bonds is 11. The van der Waals surface area contributed by atoms with Crippen molar-refractivity contribution in [2.45, 2.75) is 38.1 Å². The normalized spacial score (nSPS) is 17.2. The van der Waals surface area contributed by atoms with Crippen LogP contribution in [0.1, 0.15) is 40.2 Å². The van der Waals surface area contributed by atoms with Gasteiger partial charge in [0.25, 0.3) is 5.91 Å². The van der Waals surface area contributed by atoms with E-state index in [2.05, 4.69) is 15.4 Å². The van der Waals surface area contributed by atoms with Crippen molar-refractivity contribution < 1.29 is 32.6 Å². The molecule has 216 valence electrons. The fraction of sp³-hybridized carbons (Fsp3) is 0.286. The molecule has 41 heavy (non-hydrogen) atoms. The van der Waals surface area contributed by atoms with E-state index in [0.717, 1.165) is 9.78 Å². The van der Waals surface area contributed by atoms with Gasteiger partial charge in [0.15, 0.2) is 0 Å². The van der Waals surface area contributed by atoms with E-state index in [0.29, 0.717) is 17.1 Å². The number of benzene rings is 2. The highest BCUT2D eigenvalue weighted by atomic mass is 32.1. The van der Waals surface area contributed by atoms with E-state index in [9.17, 15) is 23.2 Å². The van der Waals surface area contributed by atoms with Crippen LogP contribution in [-0.2, 0) is 14.3 Å². The molecular weight excluding hydrogens is 556 g/mol. The number of halogens is 2. The minimum absolute atomic E-state index is 0.107. The van der Waals surface area contributed by atoms with Crippen molar-refractivity contribution in [3.05, 3.63) is 82.0 Å². The third kappa shape index (κ3) is 7.86. The fourth-order valence-electron chi connectivity index (χ4n) is 4.33. The quantitative estimate of drug-likeness (QED) is 0.200. The van der Waals surface area contributed by atoms with Gasteiger partial charge in [-0.3, -0.25) is 19.8 Å². The maximum atomic E-state index is 13.1. The van der Waals surface area contributed by atoms with Gasteiger partial charge < -0.3 is 30.7 Å². The molecule has 1 aromatic heterocycles. The van der Waals surface area contributed by atoms with Crippen molar-refractivity contribution in [2.24, 2.45) is 5.73 Å². The number of nitrogens with zero attached hydrogens (tertiary/aromatic N) is 1. The van der Waals surface area contributed by atoms with E-state index in [1.807, 2.05) is 18.2 Å². The predicted molar refractivity (Wildman–Crippen MR) is 148 cm³/mol. The molecule has 0 radical (unpaired) electrons. The molecule has 1 fully saturated rings. The van der Waals surface area contributed by atoms with Gasteiger partial charge in [0.1, 0.15) is 23.4 Å². The summed E-state index contributed by atoms with van der Waals surface area (Å²) in [5.74, 6) is -0.648. The van der Waals surface area contributed by atoms with Crippen LogP contribution in [0.15, 0.2) is 66.0 Å². The lowest BCUT2D eigenvalue weighted by Gasteiger charge is -2.25. The molecule has 3 aromatic rings. The molecule has 5 N–H and O–H groups in total. The Morgan fingerprint density at radius 1 is 1.10 bits per heavy atom. The topological polar surface area (TPSA) is 147 Å². The summed E-state index contributed by atoms with van der Waals surface area (Å²) in [5, 5.41) is 14.5. The monoisotopic (exact) mass is 585 g/mol. The smallest absolute Gasteiger partial charge is 0.345 e. The van der Waals surface area contributed by atoms with Gasteiger partial charge in [0, 0.05) is 34.3 Å². The summed E-state index contributed by atoms with van der Waals surface area (Å²) in [4.78, 5) is 40.7. The van der Waals surface area contributed by atoms with Crippen molar-refractivity contribution >= 4 is 34.9 Å². The van der Waals surface area contributed by atoms with Crippen LogP contribution in [0.2, 0.25) is 0 Å². The Bertz CT molecular complexity index is 1390. The number of thiophene rings is 1. The minimum Gasteiger partial charge on any atom is -0.457 e. The largest absolute Gasteiger partial charge is 0.457 e. The van der Waals surface area contributed by atoms with Crippen molar-refractivity contribution in [1.82, 2.24) is 15.5 Å². The number of nitrogens with one attached hydrogen (secondary N) is 3. The maximum absolute atomic E-state index is 13.1. The molecule has 1 saturated heterocycles. The summed E-state index contributed by atoms with van der Waals surface area (Å²) in [6, 6.07) is 15.5. The first-order valence-corrected chi connectivity index (χ1v) is 13.6. The van der Waals surface area contributed by atoms with E-state index in [4.69, 9.17) is 15.9 Å². The Morgan fingerprint density at radius 2 is 1.78 bits per heavy atom. The van der Waals surface area contributed by atoms with E-state index < -0.39 is 49.1 Å². The molecule has 10 nitrogen and oxygen atoms in total. The number of nitrogen functional groups attached to an aromatic ring is 1. The van der Waals surface area contributed by atoms with Gasteiger partial charge in [0.05, 0.1) is 18.7 Å². The molecule has 0 aliphatic carbocycles. The first-order chi connectivity index (χ1) is 19.6. The number of hydrogen-bond acceptors (Lipinski definition) is 7. The highest BCUT2D eigenvalue weighted by Gasteiger charge is 2.41. The van der Waals surface area contributed by atoms with Gasteiger partial charge in [-0.15, -0.1) is 11.3 Å². The van der Waals surface area contributed by atoms with E-state index in [1.165, 1.54) is 11.3 Å². The lowest BCUT2D eigenvalue weighted by Crippen LogP contribution is -2.49. The highest BCUT2D eigenvalue weighted by Crippen LogP contribution is 2.26. The van der Waals surface area contributed by atoms with E-state index in [-0.39, 0.29) is 24.4 Å². The summed E-state index contributed by atoms with van der Waals surface area (Å²) in [6.45, 7) is -2.03. The summed E-state index contributed by atoms with van der Waals surface area (Å²) in [7, 11) is 0. The SMILES string of the molecule is C[C@@H](NC(=O)[C@@H]1C[C@@H](OC(F)F)CN1C(=O)CNC(=O)c1ccc(Oc2ccccc2)cc1)c1cc(C(=N)N)cs1. The Morgan fingerprint density at radius 3 is 2.41 bits per heavy atom. The first kappa shape index (κ1) is 29.6. The number of hydrogen-bond donors (Lipinski definition) is 4. The van der Waals surface area contributed by atoms with Crippen LogP contribution in [0, 0.1) is 5.41 Å². The number of carbonyl (C=O) groups is 3. The third-order valence-electron chi connectivity index (χ3n) is 6.39. The van der Waals surface area contributed by atoms with Gasteiger partial charge in [-0.1, -0.05) is 18.2 Å². The summed E-state index contributed by atoms with van der Waals surface area (Å²) < 4.78 is 36.1. The van der Waals surface area contributed by atoms with Crippen molar-refractivity contribution in [1.29, 1.82) is 5.41 Å². The summed E-state index contributed by atoms with van der Waals surface area (Å²) in [6.07, 6.45) is -1.18. The Hall–Kier alpha value is -4.36. The third-order valence-corrected chi connectivity index (χ3v) is 7.51. The average molecular weight is 586 g/mol. The molecule has 2 heterocycles. The molecule has 1 aliphatic rings. The van der Waals surface area contributed by atoms with Gasteiger partial charge >= 0.3 is 6.61 Å². The molecule has 0 unspecified atom stereocenters. The van der Waals surface area contributed by atoms with Gasteiger partial charge in [-0.05, 0) is 49.4 Å². The summed E-state index contributed by atoms with van der Waals surface area (Å²) in [5.41, 5.74) is 6.30. The minimum atomic E-state index is -3.07. The van der Waals surface area contributed by atoms with Crippen LogP contribution in [0.25, 0.3) is 0 Å². The van der Waals surface area contributed by atoms with Crippen molar-refractivity contribution in [3.8, 4) is 11.5 Å². The first-order valence-electron chi connectivity index (χ1n) is 12.7. The molecule has 3 amide bonds. The summed E-state index contributed by atoms with van der Waals surface area (Å²) >= 11 is 1.30. The molecule has 1 aliphatic heterocycles. The van der Waals surface area contributed by atoms with Crippen LogP contribution in [0.3, 0.4) is 0 Å². The molecule has 3 atom stereocenters. The number of ether oxygens (including phenoxy) is 2. The second-order valence-electron chi connectivity index (χ2n) is 9.32.